The van der Waals surface area contributed by atoms with E-state index < -0.39 is 18.0 Å². The largest absolute Gasteiger partial charge is 0.452 e. The van der Waals surface area contributed by atoms with Gasteiger partial charge in [0.25, 0.3) is 5.91 Å². The molecule has 1 fully saturated rings. The predicted octanol–water partition coefficient (Wildman–Crippen LogP) is 2.87. The van der Waals surface area contributed by atoms with Gasteiger partial charge >= 0.3 is 5.97 Å². The van der Waals surface area contributed by atoms with Crippen molar-refractivity contribution in [3.63, 3.8) is 0 Å². The molecule has 1 aliphatic heterocycles. The zero-order chi connectivity index (χ0) is 19.1. The minimum Gasteiger partial charge on any atom is -0.452 e. The van der Waals surface area contributed by atoms with Gasteiger partial charge in [0.2, 0.25) is 0 Å². The van der Waals surface area contributed by atoms with Gasteiger partial charge in [-0.2, -0.15) is 0 Å². The number of anilines is 1. The van der Waals surface area contributed by atoms with Crippen LogP contribution in [0.4, 0.5) is 5.69 Å². The van der Waals surface area contributed by atoms with Crippen molar-refractivity contribution in [3.05, 3.63) is 29.8 Å². The molecule has 0 unspecified atom stereocenters. The molecule has 1 atom stereocenters. The fourth-order valence-corrected chi connectivity index (χ4v) is 3.49. The summed E-state index contributed by atoms with van der Waals surface area (Å²) < 4.78 is 5.85. The highest BCUT2D eigenvalue weighted by Crippen LogP contribution is 2.17. The SMILES string of the molecule is CC(=O)c1cccc(NC(=O)[C@H](C)OC(=O)CSC(=S)N2CCCC2)c1. The third kappa shape index (κ3) is 6.10. The minimum atomic E-state index is -0.940. The summed E-state index contributed by atoms with van der Waals surface area (Å²) in [5, 5.41) is 2.64. The lowest BCUT2D eigenvalue weighted by Crippen LogP contribution is -2.31. The van der Waals surface area contributed by atoms with E-state index in [1.807, 2.05) is 0 Å². The van der Waals surface area contributed by atoms with Crippen LogP contribution in [0.15, 0.2) is 24.3 Å². The van der Waals surface area contributed by atoms with Gasteiger partial charge in [-0.25, -0.2) is 0 Å². The number of likely N-dealkylation sites (tertiary alicyclic amines) is 1. The summed E-state index contributed by atoms with van der Waals surface area (Å²) >= 11 is 6.55. The number of amides is 1. The highest BCUT2D eigenvalue weighted by atomic mass is 32.2. The maximum absolute atomic E-state index is 12.2. The van der Waals surface area contributed by atoms with E-state index in [0.717, 1.165) is 25.9 Å². The molecule has 0 radical (unpaired) electrons. The molecule has 1 N–H and O–H groups in total. The first-order valence-electron chi connectivity index (χ1n) is 8.40. The summed E-state index contributed by atoms with van der Waals surface area (Å²) in [6.07, 6.45) is 1.30. The van der Waals surface area contributed by atoms with Crippen molar-refractivity contribution < 1.29 is 19.1 Å². The van der Waals surface area contributed by atoms with Crippen LogP contribution in [0.25, 0.3) is 0 Å². The Balaban J connectivity index is 1.78. The first kappa shape index (κ1) is 20.4. The van der Waals surface area contributed by atoms with Crippen LogP contribution in [0.5, 0.6) is 0 Å². The number of hydrogen-bond acceptors (Lipinski definition) is 6. The first-order valence-corrected chi connectivity index (χ1v) is 9.79. The molecule has 2 rings (SSSR count). The van der Waals surface area contributed by atoms with E-state index >= 15 is 0 Å². The number of ketones is 1. The summed E-state index contributed by atoms with van der Waals surface area (Å²) in [7, 11) is 0. The molecule has 1 aromatic carbocycles. The maximum atomic E-state index is 12.2. The van der Waals surface area contributed by atoms with Crippen LogP contribution in [-0.4, -0.2) is 51.8 Å². The lowest BCUT2D eigenvalue weighted by Gasteiger charge is -2.18. The van der Waals surface area contributed by atoms with Gasteiger partial charge in [0, 0.05) is 24.3 Å². The van der Waals surface area contributed by atoms with Crippen LogP contribution in [0.3, 0.4) is 0 Å². The standard InChI is InChI=1S/C18H22N2O4S2/c1-12(21)14-6-5-7-15(10-14)19-17(23)13(2)24-16(22)11-26-18(25)20-8-3-4-9-20/h5-7,10,13H,3-4,8-9,11H2,1-2H3,(H,19,23)/t13-/m0/s1. The Bertz CT molecular complexity index is 702. The highest BCUT2D eigenvalue weighted by molar-refractivity contribution is 8.23. The average molecular weight is 395 g/mol. The van der Waals surface area contributed by atoms with Crippen LogP contribution < -0.4 is 5.32 Å². The molecule has 0 aliphatic carbocycles. The maximum Gasteiger partial charge on any atom is 0.317 e. The number of esters is 1. The minimum absolute atomic E-state index is 0.0762. The van der Waals surface area contributed by atoms with Crippen LogP contribution in [-0.2, 0) is 14.3 Å². The fraction of sp³-hybridized carbons (Fsp3) is 0.444. The van der Waals surface area contributed by atoms with Crippen molar-refractivity contribution in [1.82, 2.24) is 4.90 Å². The second-order valence-electron chi connectivity index (χ2n) is 6.01. The molecule has 0 saturated carbocycles. The summed E-state index contributed by atoms with van der Waals surface area (Å²) in [6, 6.07) is 6.60. The van der Waals surface area contributed by atoms with Crippen LogP contribution in [0.1, 0.15) is 37.0 Å². The topological polar surface area (TPSA) is 75.7 Å². The van der Waals surface area contributed by atoms with Gasteiger partial charge < -0.3 is 15.0 Å². The molecular weight excluding hydrogens is 372 g/mol. The Morgan fingerprint density at radius 1 is 1.31 bits per heavy atom. The van der Waals surface area contributed by atoms with Crippen molar-refractivity contribution in [1.29, 1.82) is 0 Å². The molecule has 8 heteroatoms. The summed E-state index contributed by atoms with van der Waals surface area (Å²) in [5.41, 5.74) is 0.981. The van der Waals surface area contributed by atoms with Gasteiger partial charge in [-0.05, 0) is 38.8 Å². The zero-order valence-electron chi connectivity index (χ0n) is 14.8. The number of Topliss-reactive ketones (excluding diaryl/α,β-unsaturated/α-hetero) is 1. The summed E-state index contributed by atoms with van der Waals surface area (Å²) in [5.74, 6) is -0.957. The van der Waals surface area contributed by atoms with E-state index in [4.69, 9.17) is 17.0 Å². The number of thiocarbonyl (C=S) groups is 1. The molecule has 1 heterocycles. The molecule has 1 aliphatic rings. The van der Waals surface area contributed by atoms with E-state index in [0.29, 0.717) is 15.6 Å². The summed E-state index contributed by atoms with van der Waals surface area (Å²) in [6.45, 7) is 4.82. The van der Waals surface area contributed by atoms with E-state index in [1.54, 1.807) is 24.3 Å². The molecule has 0 bridgehead atoms. The smallest absolute Gasteiger partial charge is 0.317 e. The van der Waals surface area contributed by atoms with Gasteiger partial charge in [-0.15, -0.1) is 0 Å². The van der Waals surface area contributed by atoms with Crippen LogP contribution >= 0.6 is 24.0 Å². The van der Waals surface area contributed by atoms with Gasteiger partial charge in [0.05, 0.1) is 5.75 Å². The third-order valence-corrected chi connectivity index (χ3v) is 5.39. The quantitative estimate of drug-likeness (QED) is 0.452. The van der Waals surface area contributed by atoms with Gasteiger partial charge in [0.15, 0.2) is 11.9 Å². The van der Waals surface area contributed by atoms with Crippen LogP contribution in [0.2, 0.25) is 0 Å². The third-order valence-electron chi connectivity index (χ3n) is 3.89. The number of ether oxygens (including phenoxy) is 1. The molecule has 6 nitrogen and oxygen atoms in total. The first-order chi connectivity index (χ1) is 12.4. The number of benzene rings is 1. The molecule has 1 amide bonds. The number of thioether (sulfide) groups is 1. The summed E-state index contributed by atoms with van der Waals surface area (Å²) in [4.78, 5) is 37.6. The highest BCUT2D eigenvalue weighted by Gasteiger charge is 2.20. The Morgan fingerprint density at radius 2 is 2.00 bits per heavy atom. The Hall–Kier alpha value is -1.93. The van der Waals surface area contributed by atoms with Gasteiger partial charge in [-0.1, -0.05) is 36.1 Å². The van der Waals surface area contributed by atoms with E-state index in [9.17, 15) is 14.4 Å². The molecule has 26 heavy (non-hydrogen) atoms. The van der Waals surface area contributed by atoms with Crippen molar-refractivity contribution in [2.75, 3.05) is 24.2 Å². The van der Waals surface area contributed by atoms with E-state index in [-0.39, 0.29) is 11.5 Å². The zero-order valence-corrected chi connectivity index (χ0v) is 16.5. The number of carbonyl (C=O) groups excluding carboxylic acids is 3. The van der Waals surface area contributed by atoms with E-state index in [2.05, 4.69) is 10.2 Å². The van der Waals surface area contributed by atoms with Gasteiger partial charge in [0.1, 0.15) is 4.32 Å². The molecule has 1 saturated heterocycles. The monoisotopic (exact) mass is 394 g/mol. The number of carbonyl (C=O) groups is 3. The van der Waals surface area contributed by atoms with Crippen molar-refractivity contribution in [2.24, 2.45) is 0 Å². The molecular formula is C18H22N2O4S2. The molecule has 140 valence electrons. The Kier molecular flexibility index (Phi) is 7.59. The number of hydrogen-bond donors (Lipinski definition) is 1. The molecule has 1 aromatic rings. The predicted molar refractivity (Wildman–Crippen MR) is 106 cm³/mol. The van der Waals surface area contributed by atoms with E-state index in [1.165, 1.54) is 25.6 Å². The lowest BCUT2D eigenvalue weighted by atomic mass is 10.1. The van der Waals surface area contributed by atoms with Crippen molar-refractivity contribution in [3.8, 4) is 0 Å². The van der Waals surface area contributed by atoms with Crippen LogP contribution in [0, 0.1) is 0 Å². The molecule has 0 aromatic heterocycles. The second-order valence-corrected chi connectivity index (χ2v) is 7.62. The second kappa shape index (κ2) is 9.68. The fourth-order valence-electron chi connectivity index (χ4n) is 2.46. The Morgan fingerprint density at radius 3 is 2.65 bits per heavy atom. The Labute approximate surface area is 162 Å². The average Bonchev–Trinajstić information content (AvgIpc) is 3.14. The van der Waals surface area contributed by atoms with Gasteiger partial charge in [-0.3, -0.25) is 14.4 Å². The number of nitrogens with one attached hydrogen (secondary N) is 1. The number of rotatable bonds is 6. The molecule has 0 spiro atoms. The lowest BCUT2D eigenvalue weighted by molar-refractivity contribution is -0.150. The van der Waals surface area contributed by atoms with Crippen molar-refractivity contribution >= 4 is 51.6 Å². The van der Waals surface area contributed by atoms with Crippen molar-refractivity contribution in [2.45, 2.75) is 32.8 Å². The number of nitrogens with zero attached hydrogens (tertiary/aromatic N) is 1. The normalized spacial score (nSPS) is 14.6.